The van der Waals surface area contributed by atoms with Crippen molar-refractivity contribution in [2.75, 3.05) is 0 Å². The number of nitrogens with one attached hydrogen (secondary N) is 1. The number of rotatable bonds is 10. The van der Waals surface area contributed by atoms with Crippen LogP contribution in [0, 0.1) is 16.0 Å². The van der Waals surface area contributed by atoms with Gasteiger partial charge in [0.15, 0.2) is 0 Å². The summed E-state index contributed by atoms with van der Waals surface area (Å²) in [7, 11) is 0. The molecule has 1 amide bonds. The van der Waals surface area contributed by atoms with Crippen LogP contribution in [0.3, 0.4) is 0 Å². The number of nitro benzene ring substituents is 1. The van der Waals surface area contributed by atoms with Gasteiger partial charge < -0.3 is 10.1 Å². The summed E-state index contributed by atoms with van der Waals surface area (Å²) in [6, 6.07) is 4.51. The van der Waals surface area contributed by atoms with Gasteiger partial charge in [-0.05, 0) is 37.8 Å². The van der Waals surface area contributed by atoms with E-state index in [1.807, 2.05) is 20.8 Å². The number of amides is 1. The normalized spacial score (nSPS) is 13.1. The number of carbonyl (C=O) groups excluding carboxylic acids is 2. The Hall–Kier alpha value is -2.44. The van der Waals surface area contributed by atoms with E-state index >= 15 is 0 Å². The second kappa shape index (κ2) is 10.5. The molecule has 0 spiro atoms. The Balaban J connectivity index is 2.77. The molecule has 0 heterocycles. The van der Waals surface area contributed by atoms with Gasteiger partial charge in [0.2, 0.25) is 0 Å². The highest BCUT2D eigenvalue weighted by molar-refractivity contribution is 5.96. The molecule has 0 aromatic heterocycles. The maximum atomic E-state index is 12.4. The molecular weight excluding hydrogens is 336 g/mol. The van der Waals surface area contributed by atoms with Gasteiger partial charge in [0.05, 0.1) is 11.0 Å². The van der Waals surface area contributed by atoms with E-state index in [2.05, 4.69) is 12.2 Å². The smallest absolute Gasteiger partial charge is 0.328 e. The van der Waals surface area contributed by atoms with Gasteiger partial charge in [-0.25, -0.2) is 4.79 Å². The van der Waals surface area contributed by atoms with E-state index in [0.29, 0.717) is 6.42 Å². The fourth-order valence-electron chi connectivity index (χ4n) is 2.49. The Morgan fingerprint density at radius 3 is 2.31 bits per heavy atom. The third-order valence-electron chi connectivity index (χ3n) is 3.92. The number of nitro groups is 1. The first-order valence-electron chi connectivity index (χ1n) is 9.00. The van der Waals surface area contributed by atoms with Crippen LogP contribution in [0.25, 0.3) is 0 Å². The van der Waals surface area contributed by atoms with Gasteiger partial charge in [-0.2, -0.15) is 0 Å². The number of unbranched alkanes of at least 4 members (excludes halogenated alkanes) is 1. The second-order valence-electron chi connectivity index (χ2n) is 6.85. The summed E-state index contributed by atoms with van der Waals surface area (Å²) in [6.45, 7) is 7.83. The Labute approximate surface area is 154 Å². The molecule has 0 aliphatic rings. The molecule has 0 aliphatic heterocycles. The summed E-state index contributed by atoms with van der Waals surface area (Å²) >= 11 is 0. The fourth-order valence-corrected chi connectivity index (χ4v) is 2.49. The van der Waals surface area contributed by atoms with Gasteiger partial charge in [0.25, 0.3) is 11.6 Å². The predicted octanol–water partition coefficient (Wildman–Crippen LogP) is 3.86. The summed E-state index contributed by atoms with van der Waals surface area (Å²) in [5.74, 6) is -0.711. The van der Waals surface area contributed by atoms with Crippen molar-refractivity contribution in [1.29, 1.82) is 0 Å². The van der Waals surface area contributed by atoms with E-state index < -0.39 is 22.8 Å². The number of hydrogen-bond acceptors (Lipinski definition) is 5. The maximum Gasteiger partial charge on any atom is 0.328 e. The summed E-state index contributed by atoms with van der Waals surface area (Å²) in [5.41, 5.74) is 0.167. The summed E-state index contributed by atoms with van der Waals surface area (Å²) in [5, 5.41) is 13.4. The molecule has 0 fully saturated rings. The van der Waals surface area contributed by atoms with Crippen molar-refractivity contribution < 1.29 is 19.2 Å². The van der Waals surface area contributed by atoms with Crippen LogP contribution >= 0.6 is 0 Å². The van der Waals surface area contributed by atoms with E-state index in [1.54, 1.807) is 0 Å². The van der Waals surface area contributed by atoms with E-state index in [0.717, 1.165) is 19.3 Å². The highest BCUT2D eigenvalue weighted by atomic mass is 16.6. The molecule has 0 aliphatic carbocycles. The summed E-state index contributed by atoms with van der Waals surface area (Å²) in [6.07, 6.45) is 3.03. The van der Waals surface area contributed by atoms with Crippen LogP contribution in [-0.4, -0.2) is 28.9 Å². The number of hydrogen-bond donors (Lipinski definition) is 1. The monoisotopic (exact) mass is 364 g/mol. The Morgan fingerprint density at radius 2 is 1.81 bits per heavy atom. The lowest BCUT2D eigenvalue weighted by atomic mass is 10.0. The van der Waals surface area contributed by atoms with Crippen molar-refractivity contribution in [3.8, 4) is 0 Å². The van der Waals surface area contributed by atoms with Crippen molar-refractivity contribution in [2.45, 2.75) is 65.5 Å². The third-order valence-corrected chi connectivity index (χ3v) is 3.92. The first kappa shape index (κ1) is 21.6. The molecule has 1 unspecified atom stereocenters. The Bertz CT molecular complexity index is 613. The molecule has 0 saturated heterocycles. The molecular formula is C19H28N2O5. The Morgan fingerprint density at radius 1 is 1.19 bits per heavy atom. The lowest BCUT2D eigenvalue weighted by Crippen LogP contribution is -2.43. The SMILES string of the molecule is CCCCC(C)OC(=O)[C@H](CC(C)C)NC(=O)c1ccc([N+](=O)[O-])cc1. The van der Waals surface area contributed by atoms with Gasteiger partial charge in [0, 0.05) is 17.7 Å². The predicted molar refractivity (Wildman–Crippen MR) is 98.9 cm³/mol. The first-order valence-corrected chi connectivity index (χ1v) is 9.00. The lowest BCUT2D eigenvalue weighted by molar-refractivity contribution is -0.384. The molecule has 26 heavy (non-hydrogen) atoms. The average molecular weight is 364 g/mol. The number of benzene rings is 1. The van der Waals surface area contributed by atoms with Crippen LogP contribution in [0.1, 0.15) is 63.7 Å². The van der Waals surface area contributed by atoms with Gasteiger partial charge in [-0.1, -0.05) is 33.6 Å². The zero-order valence-corrected chi connectivity index (χ0v) is 15.9. The van der Waals surface area contributed by atoms with Gasteiger partial charge in [0.1, 0.15) is 6.04 Å². The van der Waals surface area contributed by atoms with Gasteiger partial charge in [-0.15, -0.1) is 0 Å². The minimum Gasteiger partial charge on any atom is -0.461 e. The van der Waals surface area contributed by atoms with E-state index in [4.69, 9.17) is 4.74 Å². The van der Waals surface area contributed by atoms with Crippen LogP contribution in [0.4, 0.5) is 5.69 Å². The molecule has 2 atom stereocenters. The molecule has 1 N–H and O–H groups in total. The fraction of sp³-hybridized carbons (Fsp3) is 0.579. The Kier molecular flexibility index (Phi) is 8.75. The van der Waals surface area contributed by atoms with E-state index in [1.165, 1.54) is 24.3 Å². The molecule has 7 heteroatoms. The molecule has 7 nitrogen and oxygen atoms in total. The van der Waals surface area contributed by atoms with Crippen LogP contribution in [0.2, 0.25) is 0 Å². The molecule has 0 saturated carbocycles. The number of esters is 1. The maximum absolute atomic E-state index is 12.4. The zero-order valence-electron chi connectivity index (χ0n) is 15.9. The molecule has 0 bridgehead atoms. The largest absolute Gasteiger partial charge is 0.461 e. The zero-order chi connectivity index (χ0) is 19.7. The minimum absolute atomic E-state index is 0.0931. The highest BCUT2D eigenvalue weighted by Gasteiger charge is 2.25. The number of nitrogens with zero attached hydrogens (tertiary/aromatic N) is 1. The second-order valence-corrected chi connectivity index (χ2v) is 6.85. The van der Waals surface area contributed by atoms with Crippen LogP contribution in [0.5, 0.6) is 0 Å². The topological polar surface area (TPSA) is 98.5 Å². The summed E-state index contributed by atoms with van der Waals surface area (Å²) in [4.78, 5) is 35.0. The first-order chi connectivity index (χ1) is 12.2. The van der Waals surface area contributed by atoms with Crippen LogP contribution in [-0.2, 0) is 9.53 Å². The molecule has 1 aromatic carbocycles. The molecule has 0 radical (unpaired) electrons. The summed E-state index contributed by atoms with van der Waals surface area (Å²) < 4.78 is 5.46. The highest BCUT2D eigenvalue weighted by Crippen LogP contribution is 2.14. The van der Waals surface area contributed by atoms with Crippen molar-refractivity contribution in [3.63, 3.8) is 0 Å². The molecule has 144 valence electrons. The quantitative estimate of drug-likeness (QED) is 0.386. The molecule has 1 rings (SSSR count). The standard InChI is InChI=1S/C19H28N2O5/c1-5-6-7-14(4)26-19(23)17(12-13(2)3)20-18(22)15-8-10-16(11-9-15)21(24)25/h8-11,13-14,17H,5-7,12H2,1-4H3,(H,20,22)/t14?,17-/m0/s1. The van der Waals surface area contributed by atoms with Crippen molar-refractivity contribution >= 4 is 17.6 Å². The van der Waals surface area contributed by atoms with E-state index in [-0.39, 0.29) is 23.3 Å². The van der Waals surface area contributed by atoms with Gasteiger partial charge >= 0.3 is 5.97 Å². The van der Waals surface area contributed by atoms with Crippen LogP contribution < -0.4 is 5.32 Å². The van der Waals surface area contributed by atoms with Gasteiger partial charge in [-0.3, -0.25) is 14.9 Å². The van der Waals surface area contributed by atoms with Crippen molar-refractivity contribution in [3.05, 3.63) is 39.9 Å². The minimum atomic E-state index is -0.748. The molecule has 1 aromatic rings. The number of non-ortho nitro benzene ring substituents is 1. The number of carbonyl (C=O) groups is 2. The van der Waals surface area contributed by atoms with Crippen LogP contribution in [0.15, 0.2) is 24.3 Å². The number of ether oxygens (including phenoxy) is 1. The van der Waals surface area contributed by atoms with Crippen molar-refractivity contribution in [2.24, 2.45) is 5.92 Å². The van der Waals surface area contributed by atoms with Crippen molar-refractivity contribution in [1.82, 2.24) is 5.32 Å². The lowest BCUT2D eigenvalue weighted by Gasteiger charge is -2.22. The third kappa shape index (κ3) is 7.21. The average Bonchev–Trinajstić information content (AvgIpc) is 2.58. The van der Waals surface area contributed by atoms with E-state index in [9.17, 15) is 19.7 Å².